The zero-order valence-corrected chi connectivity index (χ0v) is 7.34. The Bertz CT molecular complexity index is 143. The molecule has 1 atom stereocenters. The van der Waals surface area contributed by atoms with Gasteiger partial charge in [-0.25, -0.2) is 5.48 Å². The van der Waals surface area contributed by atoms with Gasteiger partial charge in [-0.15, -0.1) is 0 Å². The highest BCUT2D eigenvalue weighted by atomic mass is 16.6. The number of nitrogens with one attached hydrogen (secondary N) is 1. The van der Waals surface area contributed by atoms with Gasteiger partial charge in [-0.3, -0.25) is 9.63 Å². The normalized spacial score (nSPS) is 16.2. The first-order valence-electron chi connectivity index (χ1n) is 3.48. The van der Waals surface area contributed by atoms with Crippen molar-refractivity contribution in [3.63, 3.8) is 0 Å². The lowest BCUT2D eigenvalue weighted by atomic mass is 9.92. The molecule has 0 aliphatic carbocycles. The molecule has 0 spiro atoms. The van der Waals surface area contributed by atoms with Crippen LogP contribution in [0.4, 0.5) is 0 Å². The number of hydrogen-bond donors (Lipinski definition) is 2. The molecular formula is C7H15NO3. The lowest BCUT2D eigenvalue weighted by Gasteiger charge is -2.25. The molecule has 0 saturated carbocycles. The third kappa shape index (κ3) is 2.48. The summed E-state index contributed by atoms with van der Waals surface area (Å²) in [5.41, 5.74) is 0.713. The number of rotatable bonds is 3. The van der Waals surface area contributed by atoms with Gasteiger partial charge in [0.2, 0.25) is 0 Å². The predicted molar refractivity (Wildman–Crippen MR) is 40.6 cm³/mol. The molecule has 0 aliphatic heterocycles. The van der Waals surface area contributed by atoms with Gasteiger partial charge in [-0.2, -0.15) is 0 Å². The van der Waals surface area contributed by atoms with E-state index in [0.29, 0.717) is 0 Å². The molecule has 0 fully saturated rings. The van der Waals surface area contributed by atoms with Gasteiger partial charge in [0.1, 0.15) is 5.60 Å². The fourth-order valence-electron chi connectivity index (χ4n) is 0.458. The van der Waals surface area contributed by atoms with Crippen molar-refractivity contribution in [1.82, 2.24) is 5.48 Å². The highest BCUT2D eigenvalue weighted by Gasteiger charge is 2.33. The average molecular weight is 161 g/mol. The highest BCUT2D eigenvalue weighted by Crippen LogP contribution is 2.15. The Kier molecular flexibility index (Phi) is 3.48. The lowest BCUT2D eigenvalue weighted by Crippen LogP contribution is -2.47. The van der Waals surface area contributed by atoms with Gasteiger partial charge in [0, 0.05) is 0 Å². The Morgan fingerprint density at radius 1 is 1.64 bits per heavy atom. The van der Waals surface area contributed by atoms with Gasteiger partial charge in [-0.1, -0.05) is 13.8 Å². The van der Waals surface area contributed by atoms with Crippen LogP contribution in [-0.2, 0) is 9.63 Å². The molecule has 0 aromatic carbocycles. The van der Waals surface area contributed by atoms with E-state index >= 15 is 0 Å². The van der Waals surface area contributed by atoms with Gasteiger partial charge in [-0.05, 0) is 12.8 Å². The summed E-state index contributed by atoms with van der Waals surface area (Å²) in [6.07, 6.45) is 0. The van der Waals surface area contributed by atoms with Gasteiger partial charge in [0.05, 0.1) is 7.11 Å². The van der Waals surface area contributed by atoms with Crippen LogP contribution >= 0.6 is 0 Å². The molecule has 4 nitrogen and oxygen atoms in total. The number of hydrogen-bond acceptors (Lipinski definition) is 3. The second kappa shape index (κ2) is 3.69. The maximum Gasteiger partial charge on any atom is 0.275 e. The molecule has 0 aliphatic rings. The summed E-state index contributed by atoms with van der Waals surface area (Å²) in [6.45, 7) is 4.97. The summed E-state index contributed by atoms with van der Waals surface area (Å²) >= 11 is 0. The Morgan fingerprint density at radius 3 is 2.36 bits per heavy atom. The predicted octanol–water partition coefficient (Wildman–Crippen LogP) is 0.0710. The molecule has 66 valence electrons. The van der Waals surface area contributed by atoms with Crippen LogP contribution in [0.1, 0.15) is 20.8 Å². The van der Waals surface area contributed by atoms with E-state index in [0.717, 1.165) is 0 Å². The van der Waals surface area contributed by atoms with Crippen molar-refractivity contribution in [3.05, 3.63) is 0 Å². The van der Waals surface area contributed by atoms with Crippen molar-refractivity contribution in [2.45, 2.75) is 26.4 Å². The Morgan fingerprint density at radius 2 is 2.09 bits per heavy atom. The monoisotopic (exact) mass is 161 g/mol. The van der Waals surface area contributed by atoms with Crippen LogP contribution in [0.25, 0.3) is 0 Å². The molecule has 0 rings (SSSR count). The molecule has 0 aromatic rings. The van der Waals surface area contributed by atoms with Crippen LogP contribution in [0.2, 0.25) is 0 Å². The van der Waals surface area contributed by atoms with Gasteiger partial charge < -0.3 is 5.11 Å². The van der Waals surface area contributed by atoms with E-state index in [2.05, 4.69) is 10.3 Å². The smallest absolute Gasteiger partial charge is 0.275 e. The van der Waals surface area contributed by atoms with Crippen molar-refractivity contribution in [1.29, 1.82) is 0 Å². The summed E-state index contributed by atoms with van der Waals surface area (Å²) < 4.78 is 0. The molecule has 11 heavy (non-hydrogen) atoms. The van der Waals surface area contributed by atoms with Gasteiger partial charge >= 0.3 is 0 Å². The number of amides is 1. The van der Waals surface area contributed by atoms with Crippen LogP contribution in [0, 0.1) is 5.92 Å². The van der Waals surface area contributed by atoms with Crippen molar-refractivity contribution in [3.8, 4) is 0 Å². The summed E-state index contributed by atoms with van der Waals surface area (Å²) in [4.78, 5) is 15.4. The minimum Gasteiger partial charge on any atom is -0.380 e. The molecular weight excluding hydrogens is 146 g/mol. The zero-order valence-electron chi connectivity index (χ0n) is 7.34. The molecule has 2 N–H and O–H groups in total. The number of carbonyl (C=O) groups is 1. The minimum atomic E-state index is -1.37. The zero-order chi connectivity index (χ0) is 9.07. The maximum absolute atomic E-state index is 11.0. The SMILES string of the molecule is CONC(=O)C(C)(O)C(C)C. The second-order valence-electron chi connectivity index (χ2n) is 2.94. The van der Waals surface area contributed by atoms with E-state index in [1.807, 2.05) is 0 Å². The van der Waals surface area contributed by atoms with Crippen LogP contribution in [-0.4, -0.2) is 23.7 Å². The van der Waals surface area contributed by atoms with Gasteiger partial charge in [0.25, 0.3) is 5.91 Å². The fourth-order valence-corrected chi connectivity index (χ4v) is 0.458. The summed E-state index contributed by atoms with van der Waals surface area (Å²) in [5.74, 6) is -0.660. The first kappa shape index (κ1) is 10.4. The average Bonchev–Trinajstić information content (AvgIpc) is 1.88. The molecule has 4 heteroatoms. The van der Waals surface area contributed by atoms with E-state index in [1.54, 1.807) is 13.8 Å². The standard InChI is InChI=1S/C7H15NO3/c1-5(2)7(3,10)6(9)8-11-4/h5,10H,1-4H3,(H,8,9). The van der Waals surface area contributed by atoms with E-state index in [9.17, 15) is 9.90 Å². The molecule has 0 heterocycles. The third-order valence-corrected chi connectivity index (χ3v) is 1.78. The molecule has 0 aromatic heterocycles. The number of aliphatic hydroxyl groups is 1. The fraction of sp³-hybridized carbons (Fsp3) is 0.857. The lowest BCUT2D eigenvalue weighted by molar-refractivity contribution is -0.153. The van der Waals surface area contributed by atoms with Gasteiger partial charge in [0.15, 0.2) is 0 Å². The summed E-state index contributed by atoms with van der Waals surface area (Å²) in [7, 11) is 1.33. The largest absolute Gasteiger partial charge is 0.380 e. The van der Waals surface area contributed by atoms with Crippen LogP contribution in [0.15, 0.2) is 0 Å². The Balaban J connectivity index is 4.18. The second-order valence-corrected chi connectivity index (χ2v) is 2.94. The van der Waals surface area contributed by atoms with E-state index in [4.69, 9.17) is 0 Å². The Hall–Kier alpha value is -0.610. The topological polar surface area (TPSA) is 58.6 Å². The molecule has 0 saturated heterocycles. The number of hydroxylamine groups is 1. The molecule has 0 radical (unpaired) electrons. The van der Waals surface area contributed by atoms with Crippen LogP contribution in [0.5, 0.6) is 0 Å². The van der Waals surface area contributed by atoms with Crippen molar-refractivity contribution >= 4 is 5.91 Å². The van der Waals surface area contributed by atoms with Crippen LogP contribution < -0.4 is 5.48 Å². The maximum atomic E-state index is 11.0. The van der Waals surface area contributed by atoms with E-state index in [-0.39, 0.29) is 5.92 Å². The van der Waals surface area contributed by atoms with Crippen molar-refractivity contribution in [2.24, 2.45) is 5.92 Å². The van der Waals surface area contributed by atoms with E-state index < -0.39 is 11.5 Å². The summed E-state index contributed by atoms with van der Waals surface area (Å²) in [6, 6.07) is 0. The first-order valence-corrected chi connectivity index (χ1v) is 3.48. The van der Waals surface area contributed by atoms with Crippen molar-refractivity contribution < 1.29 is 14.7 Å². The number of carbonyl (C=O) groups excluding carboxylic acids is 1. The molecule has 0 bridgehead atoms. The first-order chi connectivity index (χ1) is 4.92. The van der Waals surface area contributed by atoms with Crippen molar-refractivity contribution in [2.75, 3.05) is 7.11 Å². The third-order valence-electron chi connectivity index (χ3n) is 1.78. The molecule has 1 unspecified atom stereocenters. The summed E-state index contributed by atoms with van der Waals surface area (Å²) in [5, 5.41) is 9.50. The minimum absolute atomic E-state index is 0.141. The van der Waals surface area contributed by atoms with E-state index in [1.165, 1.54) is 14.0 Å². The molecule has 1 amide bonds. The van der Waals surface area contributed by atoms with Crippen LogP contribution in [0.3, 0.4) is 0 Å². The highest BCUT2D eigenvalue weighted by molar-refractivity contribution is 5.83. The quantitative estimate of drug-likeness (QED) is 0.576. The Labute approximate surface area is 66.5 Å².